The number of carbonyl (C=O) groups excluding carboxylic acids is 1. The minimum Gasteiger partial charge on any atom is -0.463 e. The van der Waals surface area contributed by atoms with Crippen LogP contribution in [0, 0.1) is 0 Å². The van der Waals surface area contributed by atoms with Crippen molar-refractivity contribution in [3.05, 3.63) is 46.6 Å². The van der Waals surface area contributed by atoms with Crippen molar-refractivity contribution in [3.63, 3.8) is 0 Å². The number of hydrogen-bond acceptors (Lipinski definition) is 5. The summed E-state index contributed by atoms with van der Waals surface area (Å²) < 4.78 is 5.09. The van der Waals surface area contributed by atoms with Crippen molar-refractivity contribution < 1.29 is 14.0 Å². The van der Waals surface area contributed by atoms with Crippen molar-refractivity contribution in [1.82, 2.24) is 4.98 Å². The molecule has 0 radical (unpaired) electrons. The van der Waals surface area contributed by atoms with Crippen LogP contribution in [-0.2, 0) is 4.84 Å². The number of furan rings is 1. The third kappa shape index (κ3) is 3.97. The van der Waals surface area contributed by atoms with Gasteiger partial charge in [-0.25, -0.2) is 9.78 Å². The van der Waals surface area contributed by atoms with E-state index >= 15 is 0 Å². The van der Waals surface area contributed by atoms with Crippen molar-refractivity contribution in [3.8, 4) is 0 Å². The third-order valence-electron chi connectivity index (χ3n) is 2.15. The van der Waals surface area contributed by atoms with Crippen LogP contribution in [0.4, 0.5) is 10.5 Å². The van der Waals surface area contributed by atoms with Crippen molar-refractivity contribution in [1.29, 1.82) is 0 Å². The van der Waals surface area contributed by atoms with Crippen LogP contribution < -0.4 is 5.32 Å². The molecule has 0 aromatic carbocycles. The monoisotopic (exact) mass is 313 g/mol. The molecule has 2 aromatic rings. The van der Waals surface area contributed by atoms with E-state index in [1.807, 2.05) is 0 Å². The van der Waals surface area contributed by atoms with Crippen LogP contribution in [0.15, 0.2) is 40.1 Å². The van der Waals surface area contributed by atoms with Gasteiger partial charge in [0.1, 0.15) is 16.0 Å². The van der Waals surface area contributed by atoms with E-state index in [0.29, 0.717) is 17.2 Å². The molecule has 20 heavy (non-hydrogen) atoms. The molecule has 0 saturated heterocycles. The highest BCUT2D eigenvalue weighted by molar-refractivity contribution is 6.32. The highest BCUT2D eigenvalue weighted by Crippen LogP contribution is 2.18. The first-order chi connectivity index (χ1) is 9.54. The predicted molar refractivity (Wildman–Crippen MR) is 75.3 cm³/mol. The summed E-state index contributed by atoms with van der Waals surface area (Å²) in [6.45, 7) is 1.65. The molecular formula is C12H9Cl2N3O3. The molecular weight excluding hydrogens is 305 g/mol. The molecule has 2 aromatic heterocycles. The standard InChI is InChI=1S/C12H9Cl2N3O3/c1-7(9-3-2-4-19-9)17-20-12(18)15-8-5-10(13)16-11(14)6-8/h2-6H,1H3,(H,15,16,18)/b17-7-. The van der Waals surface area contributed by atoms with E-state index in [2.05, 4.69) is 20.3 Å². The SMILES string of the molecule is C/C(=N/OC(=O)Nc1cc(Cl)nc(Cl)c1)c1ccco1. The van der Waals surface area contributed by atoms with Gasteiger partial charge < -0.3 is 4.42 Å². The molecule has 0 saturated carbocycles. The van der Waals surface area contributed by atoms with Crippen LogP contribution >= 0.6 is 23.2 Å². The molecule has 6 nitrogen and oxygen atoms in total. The van der Waals surface area contributed by atoms with Gasteiger partial charge in [-0.15, -0.1) is 0 Å². The third-order valence-corrected chi connectivity index (χ3v) is 2.54. The summed E-state index contributed by atoms with van der Waals surface area (Å²) in [6.07, 6.45) is 0.712. The Kier molecular flexibility index (Phi) is 4.60. The zero-order valence-corrected chi connectivity index (χ0v) is 11.8. The molecule has 104 valence electrons. The normalized spacial score (nSPS) is 11.2. The van der Waals surface area contributed by atoms with Gasteiger partial charge in [-0.2, -0.15) is 0 Å². The fourth-order valence-electron chi connectivity index (χ4n) is 1.32. The second-order valence-electron chi connectivity index (χ2n) is 3.66. The summed E-state index contributed by atoms with van der Waals surface area (Å²) in [5.41, 5.74) is 0.779. The summed E-state index contributed by atoms with van der Waals surface area (Å²) in [7, 11) is 0. The molecule has 0 bridgehead atoms. The molecule has 2 heterocycles. The molecule has 1 amide bonds. The summed E-state index contributed by atoms with van der Waals surface area (Å²) in [5, 5.41) is 6.36. The number of halogens is 2. The van der Waals surface area contributed by atoms with E-state index in [1.54, 1.807) is 19.1 Å². The fourth-order valence-corrected chi connectivity index (χ4v) is 1.78. The maximum Gasteiger partial charge on any atom is 0.437 e. The summed E-state index contributed by atoms with van der Waals surface area (Å²) >= 11 is 11.4. The van der Waals surface area contributed by atoms with Crippen LogP contribution in [0.1, 0.15) is 12.7 Å². The first-order valence-corrected chi connectivity index (χ1v) is 6.20. The molecule has 0 aliphatic rings. The fraction of sp³-hybridized carbons (Fsp3) is 0.0833. The lowest BCUT2D eigenvalue weighted by Crippen LogP contribution is -2.12. The molecule has 0 aliphatic carbocycles. The number of oxime groups is 1. The van der Waals surface area contributed by atoms with Gasteiger partial charge in [-0.1, -0.05) is 28.4 Å². The molecule has 0 atom stereocenters. The first kappa shape index (κ1) is 14.4. The van der Waals surface area contributed by atoms with E-state index in [0.717, 1.165) is 0 Å². The minimum atomic E-state index is -0.783. The number of rotatable bonds is 3. The van der Waals surface area contributed by atoms with Crippen molar-refractivity contribution in [2.24, 2.45) is 5.16 Å². The van der Waals surface area contributed by atoms with E-state index < -0.39 is 6.09 Å². The lowest BCUT2D eigenvalue weighted by atomic mass is 10.3. The van der Waals surface area contributed by atoms with Crippen molar-refractivity contribution in [2.75, 3.05) is 5.32 Å². The summed E-state index contributed by atoms with van der Waals surface area (Å²) in [5.74, 6) is 0.507. The Labute approximate surface area is 124 Å². The first-order valence-electron chi connectivity index (χ1n) is 5.44. The average molecular weight is 314 g/mol. The molecule has 1 N–H and O–H groups in total. The van der Waals surface area contributed by atoms with Gasteiger partial charge in [-0.3, -0.25) is 10.2 Å². The highest BCUT2D eigenvalue weighted by Gasteiger charge is 2.07. The molecule has 8 heteroatoms. The Hall–Kier alpha value is -2.05. The number of nitrogens with one attached hydrogen (secondary N) is 1. The lowest BCUT2D eigenvalue weighted by Gasteiger charge is -2.04. The quantitative estimate of drug-likeness (QED) is 0.403. The van der Waals surface area contributed by atoms with Gasteiger partial charge >= 0.3 is 6.09 Å². The highest BCUT2D eigenvalue weighted by atomic mass is 35.5. The number of amides is 1. The minimum absolute atomic E-state index is 0.156. The number of aromatic nitrogens is 1. The van der Waals surface area contributed by atoms with Crippen molar-refractivity contribution in [2.45, 2.75) is 6.92 Å². The van der Waals surface area contributed by atoms with Gasteiger partial charge in [0.05, 0.1) is 12.0 Å². The smallest absolute Gasteiger partial charge is 0.437 e. The largest absolute Gasteiger partial charge is 0.463 e. The number of pyridine rings is 1. The Morgan fingerprint density at radius 2 is 2.10 bits per heavy atom. The number of anilines is 1. The second-order valence-corrected chi connectivity index (χ2v) is 4.43. The number of hydrogen-bond donors (Lipinski definition) is 1. The van der Waals surface area contributed by atoms with Crippen LogP contribution in [0.25, 0.3) is 0 Å². The molecule has 2 rings (SSSR count). The summed E-state index contributed by atoms with van der Waals surface area (Å²) in [6, 6.07) is 6.26. The van der Waals surface area contributed by atoms with Gasteiger partial charge in [0.2, 0.25) is 0 Å². The van der Waals surface area contributed by atoms with E-state index in [4.69, 9.17) is 27.6 Å². The van der Waals surface area contributed by atoms with Gasteiger partial charge in [0.25, 0.3) is 0 Å². The van der Waals surface area contributed by atoms with E-state index in [1.165, 1.54) is 18.4 Å². The van der Waals surface area contributed by atoms with Gasteiger partial charge in [-0.05, 0) is 31.2 Å². The molecule has 0 fully saturated rings. The Balaban J connectivity index is 1.97. The Bertz CT molecular complexity index is 621. The van der Waals surface area contributed by atoms with Crippen LogP contribution in [0.2, 0.25) is 10.3 Å². The Morgan fingerprint density at radius 1 is 1.40 bits per heavy atom. The number of nitrogens with zero attached hydrogens (tertiary/aromatic N) is 2. The maximum atomic E-state index is 11.5. The van der Waals surface area contributed by atoms with Gasteiger partial charge in [0, 0.05) is 0 Å². The second kappa shape index (κ2) is 6.40. The van der Waals surface area contributed by atoms with Crippen LogP contribution in [0.5, 0.6) is 0 Å². The topological polar surface area (TPSA) is 76.7 Å². The molecule has 0 unspecified atom stereocenters. The van der Waals surface area contributed by atoms with Crippen LogP contribution in [-0.4, -0.2) is 16.8 Å². The molecule has 0 spiro atoms. The van der Waals surface area contributed by atoms with Crippen molar-refractivity contribution >= 4 is 40.7 Å². The average Bonchev–Trinajstić information content (AvgIpc) is 2.88. The summed E-state index contributed by atoms with van der Waals surface area (Å²) in [4.78, 5) is 20.0. The predicted octanol–water partition coefficient (Wildman–Crippen LogP) is 3.95. The van der Waals surface area contributed by atoms with Gasteiger partial charge in [0.15, 0.2) is 5.76 Å². The Morgan fingerprint density at radius 3 is 2.70 bits per heavy atom. The van der Waals surface area contributed by atoms with Crippen LogP contribution in [0.3, 0.4) is 0 Å². The zero-order valence-electron chi connectivity index (χ0n) is 10.3. The lowest BCUT2D eigenvalue weighted by molar-refractivity contribution is 0.166. The maximum absolute atomic E-state index is 11.5. The zero-order chi connectivity index (χ0) is 14.5. The molecule has 0 aliphatic heterocycles. The number of carbonyl (C=O) groups is 1. The van der Waals surface area contributed by atoms with E-state index in [-0.39, 0.29) is 10.3 Å². The van der Waals surface area contributed by atoms with E-state index in [9.17, 15) is 4.79 Å².